The molecule has 0 amide bonds. The molecule has 1 saturated heterocycles. The van der Waals surface area contributed by atoms with Crippen LogP contribution in [0.5, 0.6) is 0 Å². The molecule has 1 aliphatic rings. The van der Waals surface area contributed by atoms with Crippen LogP contribution in [0.4, 0.5) is 0 Å². The molecule has 114 valence electrons. The lowest BCUT2D eigenvalue weighted by Crippen LogP contribution is -2.40. The fourth-order valence-electron chi connectivity index (χ4n) is 2.35. The molecule has 1 atom stereocenters. The highest BCUT2D eigenvalue weighted by Crippen LogP contribution is 2.27. The summed E-state index contributed by atoms with van der Waals surface area (Å²) in [5, 5.41) is 3.03. The quantitative estimate of drug-likeness (QED) is 0.836. The van der Waals surface area contributed by atoms with Gasteiger partial charge in [-0.2, -0.15) is 0 Å². The van der Waals surface area contributed by atoms with Crippen LogP contribution in [0.25, 0.3) is 0 Å². The van der Waals surface area contributed by atoms with E-state index in [1.165, 1.54) is 11.3 Å². The largest absolute Gasteiger partial charge is 0.374 e. The van der Waals surface area contributed by atoms with Crippen LogP contribution in [-0.2, 0) is 21.3 Å². The van der Waals surface area contributed by atoms with Gasteiger partial charge in [0.2, 0.25) is 10.0 Å². The Morgan fingerprint density at radius 3 is 2.85 bits per heavy atom. The second-order valence-electron chi connectivity index (χ2n) is 5.39. The Hall–Kier alpha value is -0.470. The fourth-order valence-corrected chi connectivity index (χ4v) is 5.16. The summed E-state index contributed by atoms with van der Waals surface area (Å²) < 4.78 is 33.1. The van der Waals surface area contributed by atoms with E-state index in [-0.39, 0.29) is 5.60 Å². The van der Waals surface area contributed by atoms with Gasteiger partial charge in [-0.05, 0) is 39.8 Å². The topological polar surface area (TPSA) is 67.4 Å². The Balaban J connectivity index is 2.09. The smallest absolute Gasteiger partial charge is 0.241 e. The fraction of sp³-hybridized carbons (Fsp3) is 0.692. The van der Waals surface area contributed by atoms with E-state index in [9.17, 15) is 8.42 Å². The van der Waals surface area contributed by atoms with Gasteiger partial charge >= 0.3 is 0 Å². The van der Waals surface area contributed by atoms with E-state index >= 15 is 0 Å². The molecule has 1 aliphatic heterocycles. The van der Waals surface area contributed by atoms with Crippen LogP contribution >= 0.6 is 11.3 Å². The zero-order chi connectivity index (χ0) is 14.8. The van der Waals surface area contributed by atoms with Gasteiger partial charge in [-0.15, -0.1) is 11.3 Å². The van der Waals surface area contributed by atoms with E-state index in [1.807, 2.05) is 20.9 Å². The van der Waals surface area contributed by atoms with Crippen molar-refractivity contribution in [1.82, 2.24) is 10.0 Å². The molecule has 1 aromatic heterocycles. The average molecular weight is 318 g/mol. The molecule has 0 saturated carbocycles. The molecule has 0 aliphatic carbocycles. The third kappa shape index (κ3) is 3.59. The zero-order valence-corrected chi connectivity index (χ0v) is 13.8. The van der Waals surface area contributed by atoms with Gasteiger partial charge in [-0.25, -0.2) is 13.1 Å². The van der Waals surface area contributed by atoms with Gasteiger partial charge in [0.1, 0.15) is 0 Å². The molecule has 5 nitrogen and oxygen atoms in total. The highest BCUT2D eigenvalue weighted by molar-refractivity contribution is 7.89. The first-order valence-corrected chi connectivity index (χ1v) is 9.04. The van der Waals surface area contributed by atoms with Gasteiger partial charge < -0.3 is 10.1 Å². The van der Waals surface area contributed by atoms with Crippen LogP contribution in [0.2, 0.25) is 0 Å². The maximum absolute atomic E-state index is 12.4. The van der Waals surface area contributed by atoms with Crippen molar-refractivity contribution in [2.75, 3.05) is 20.2 Å². The van der Waals surface area contributed by atoms with E-state index < -0.39 is 10.0 Å². The lowest BCUT2D eigenvalue weighted by Gasteiger charge is -2.23. The zero-order valence-electron chi connectivity index (χ0n) is 12.2. The molecule has 7 heteroatoms. The van der Waals surface area contributed by atoms with Gasteiger partial charge in [0.15, 0.2) is 0 Å². The SMILES string of the molecule is CNCc1cc(S(=O)(=O)NCC2(C)CCCO2)c(C)s1. The molecule has 20 heavy (non-hydrogen) atoms. The van der Waals surface area contributed by atoms with Crippen LogP contribution in [-0.4, -0.2) is 34.2 Å². The summed E-state index contributed by atoms with van der Waals surface area (Å²) in [4.78, 5) is 2.23. The molecule has 2 heterocycles. The predicted molar refractivity (Wildman–Crippen MR) is 80.6 cm³/mol. The molecule has 0 radical (unpaired) electrons. The van der Waals surface area contributed by atoms with Crippen molar-refractivity contribution < 1.29 is 13.2 Å². The Morgan fingerprint density at radius 1 is 1.50 bits per heavy atom. The molecule has 1 fully saturated rings. The Kier molecular flexibility index (Phi) is 4.86. The van der Waals surface area contributed by atoms with Gasteiger partial charge in [-0.3, -0.25) is 0 Å². The van der Waals surface area contributed by atoms with Gasteiger partial charge in [0.05, 0.1) is 10.5 Å². The summed E-state index contributed by atoms with van der Waals surface area (Å²) in [6.07, 6.45) is 1.88. The second-order valence-corrected chi connectivity index (χ2v) is 8.47. The lowest BCUT2D eigenvalue weighted by atomic mass is 10.0. The van der Waals surface area contributed by atoms with Crippen LogP contribution in [0.15, 0.2) is 11.0 Å². The van der Waals surface area contributed by atoms with Crippen molar-refractivity contribution in [3.8, 4) is 0 Å². The Morgan fingerprint density at radius 2 is 2.25 bits per heavy atom. The minimum atomic E-state index is -3.46. The van der Waals surface area contributed by atoms with Crippen molar-refractivity contribution in [2.45, 2.75) is 43.7 Å². The van der Waals surface area contributed by atoms with Crippen LogP contribution in [0, 0.1) is 6.92 Å². The number of aryl methyl sites for hydroxylation is 1. The van der Waals surface area contributed by atoms with Crippen LogP contribution < -0.4 is 10.0 Å². The van der Waals surface area contributed by atoms with E-state index in [1.54, 1.807) is 6.07 Å². The van der Waals surface area contributed by atoms with Crippen molar-refractivity contribution in [3.63, 3.8) is 0 Å². The average Bonchev–Trinajstić information content (AvgIpc) is 2.96. The van der Waals surface area contributed by atoms with Crippen molar-refractivity contribution in [1.29, 1.82) is 0 Å². The van der Waals surface area contributed by atoms with Gasteiger partial charge in [0.25, 0.3) is 0 Å². The normalized spacial score (nSPS) is 23.4. The van der Waals surface area contributed by atoms with E-state index in [4.69, 9.17) is 4.74 Å². The third-order valence-corrected chi connectivity index (χ3v) is 6.21. The molecule has 0 spiro atoms. The highest BCUT2D eigenvalue weighted by Gasteiger charge is 2.32. The third-order valence-electron chi connectivity index (χ3n) is 3.50. The molecule has 2 rings (SSSR count). The maximum Gasteiger partial charge on any atom is 0.241 e. The van der Waals surface area contributed by atoms with Crippen LogP contribution in [0.1, 0.15) is 29.5 Å². The lowest BCUT2D eigenvalue weighted by molar-refractivity contribution is 0.0250. The first-order chi connectivity index (χ1) is 9.36. The molecular weight excluding hydrogens is 296 g/mol. The van der Waals surface area contributed by atoms with Crippen molar-refractivity contribution in [2.24, 2.45) is 0 Å². The maximum atomic E-state index is 12.4. The number of nitrogens with one attached hydrogen (secondary N) is 2. The molecule has 2 N–H and O–H groups in total. The number of rotatable bonds is 6. The summed E-state index contributed by atoms with van der Waals surface area (Å²) in [6.45, 7) is 5.51. The Labute approximate surface area is 124 Å². The minimum absolute atomic E-state index is 0.325. The first-order valence-electron chi connectivity index (χ1n) is 6.74. The van der Waals surface area contributed by atoms with E-state index in [0.29, 0.717) is 24.6 Å². The number of hydrogen-bond acceptors (Lipinski definition) is 5. The number of hydrogen-bond donors (Lipinski definition) is 2. The van der Waals surface area contributed by atoms with Crippen molar-refractivity contribution in [3.05, 3.63) is 15.8 Å². The minimum Gasteiger partial charge on any atom is -0.374 e. The summed E-state index contributed by atoms with van der Waals surface area (Å²) in [5.74, 6) is 0. The molecule has 0 bridgehead atoms. The summed E-state index contributed by atoms with van der Waals surface area (Å²) in [6, 6.07) is 1.75. The van der Waals surface area contributed by atoms with Crippen molar-refractivity contribution >= 4 is 21.4 Å². The van der Waals surface area contributed by atoms with E-state index in [2.05, 4.69) is 10.0 Å². The molecule has 1 unspecified atom stereocenters. The highest BCUT2D eigenvalue weighted by atomic mass is 32.2. The molecule has 1 aromatic rings. The number of ether oxygens (including phenoxy) is 1. The molecular formula is C13H22N2O3S2. The van der Waals surface area contributed by atoms with E-state index in [0.717, 1.165) is 22.6 Å². The Bertz CT molecular complexity index is 560. The molecule has 0 aromatic carbocycles. The monoisotopic (exact) mass is 318 g/mol. The second kappa shape index (κ2) is 6.11. The summed E-state index contributed by atoms with van der Waals surface area (Å²) in [5.41, 5.74) is -0.370. The number of thiophene rings is 1. The van der Waals surface area contributed by atoms with Gasteiger partial charge in [-0.1, -0.05) is 0 Å². The summed E-state index contributed by atoms with van der Waals surface area (Å²) >= 11 is 1.51. The van der Waals surface area contributed by atoms with Gasteiger partial charge in [0, 0.05) is 29.5 Å². The standard InChI is InChI=1S/C13H22N2O3S2/c1-10-12(7-11(19-10)8-14-3)20(16,17)15-9-13(2)5-4-6-18-13/h7,14-15H,4-6,8-9H2,1-3H3. The predicted octanol–water partition coefficient (Wildman–Crippen LogP) is 1.62. The summed E-state index contributed by atoms with van der Waals surface area (Å²) in [7, 11) is -1.61. The van der Waals surface area contributed by atoms with Crippen LogP contribution in [0.3, 0.4) is 0 Å². The number of sulfonamides is 1. The first kappa shape index (κ1) is 15.9.